The van der Waals surface area contributed by atoms with E-state index in [1.807, 2.05) is 79.7 Å². The summed E-state index contributed by atoms with van der Waals surface area (Å²) < 4.78 is 29.5. The molecule has 49 heavy (non-hydrogen) atoms. The number of hydrogen-bond acceptors (Lipinski definition) is 7. The van der Waals surface area contributed by atoms with Gasteiger partial charge in [0.1, 0.15) is 12.1 Å². The highest BCUT2D eigenvalue weighted by molar-refractivity contribution is 7.93. The Balaban J connectivity index is 1.36. The zero-order valence-corrected chi connectivity index (χ0v) is 29.0. The number of carbonyl (C=O) groups excluding carboxylic acids is 3. The van der Waals surface area contributed by atoms with Gasteiger partial charge in [-0.1, -0.05) is 56.3 Å². The molecular weight excluding hydrogens is 644 g/mol. The van der Waals surface area contributed by atoms with Gasteiger partial charge in [-0.05, 0) is 42.0 Å². The summed E-state index contributed by atoms with van der Waals surface area (Å²) in [5.74, 6) is -1.19. The first kappa shape index (κ1) is 35.8. The van der Waals surface area contributed by atoms with E-state index in [9.17, 15) is 22.8 Å². The summed E-state index contributed by atoms with van der Waals surface area (Å²) in [7, 11) is -3.47. The van der Waals surface area contributed by atoms with Crippen molar-refractivity contribution in [3.05, 3.63) is 83.5 Å². The Hall–Kier alpha value is -4.46. The van der Waals surface area contributed by atoms with Crippen LogP contribution in [0.1, 0.15) is 31.4 Å². The normalized spacial score (nSPS) is 16.2. The number of H-pyrrole nitrogens is 2. The number of nitrogens with zero attached hydrogens (tertiary/aromatic N) is 1. The standard InChI is InChI=1S/C36H46N6O6S/c1-24(2)18-32(35(44)39-27(12-17-49(3,46)47)19-25-21-37-30-10-6-4-8-28(25)30)41-36(45)33(40-34(43)23-42-13-15-48-16-14-42)20-26-22-38-31-11-7-5-9-29(26)31/h4-12,17,21-22,24,27,32-33,37-38H,13-16,18-20,23H2,1-3H3,(H,39,44)(H,40,43)(H,41,45)/t27-,32+,33+/m1/s1. The summed E-state index contributed by atoms with van der Waals surface area (Å²) in [6.45, 7) is 6.35. The van der Waals surface area contributed by atoms with E-state index in [1.54, 1.807) is 0 Å². The van der Waals surface area contributed by atoms with E-state index >= 15 is 0 Å². The Bertz CT molecular complexity index is 1890. The second kappa shape index (κ2) is 16.3. The second-order valence-corrected chi connectivity index (χ2v) is 15.0. The fourth-order valence-corrected chi connectivity index (χ4v) is 6.61. The number of fused-ring (bicyclic) bond motifs is 2. The van der Waals surface area contributed by atoms with E-state index in [4.69, 9.17) is 4.74 Å². The Kier molecular flexibility index (Phi) is 11.9. The number of carbonyl (C=O) groups is 3. The van der Waals surface area contributed by atoms with Crippen LogP contribution in [0.2, 0.25) is 0 Å². The van der Waals surface area contributed by atoms with Crippen LogP contribution in [0.3, 0.4) is 0 Å². The van der Waals surface area contributed by atoms with Crippen molar-refractivity contribution in [2.45, 2.75) is 51.2 Å². The van der Waals surface area contributed by atoms with Crippen LogP contribution in [0.25, 0.3) is 21.8 Å². The van der Waals surface area contributed by atoms with Gasteiger partial charge in [0.25, 0.3) is 0 Å². The number of benzene rings is 2. The maximum atomic E-state index is 14.0. The van der Waals surface area contributed by atoms with E-state index < -0.39 is 39.8 Å². The van der Waals surface area contributed by atoms with Crippen molar-refractivity contribution in [3.8, 4) is 0 Å². The molecule has 1 aliphatic rings. The molecule has 0 aliphatic carbocycles. The van der Waals surface area contributed by atoms with Gasteiger partial charge in [0, 0.05) is 65.4 Å². The Labute approximate surface area is 287 Å². The molecule has 3 heterocycles. The van der Waals surface area contributed by atoms with Crippen molar-refractivity contribution in [1.82, 2.24) is 30.8 Å². The van der Waals surface area contributed by atoms with E-state index in [-0.39, 0.29) is 24.8 Å². The Morgan fingerprint density at radius 3 is 2.00 bits per heavy atom. The van der Waals surface area contributed by atoms with E-state index in [1.165, 1.54) is 6.08 Å². The summed E-state index contributed by atoms with van der Waals surface area (Å²) in [5.41, 5.74) is 3.61. The van der Waals surface area contributed by atoms with E-state index in [2.05, 4.69) is 25.9 Å². The van der Waals surface area contributed by atoms with Crippen molar-refractivity contribution in [3.63, 3.8) is 0 Å². The highest BCUT2D eigenvalue weighted by atomic mass is 32.2. The van der Waals surface area contributed by atoms with Crippen LogP contribution in [0, 0.1) is 5.92 Å². The second-order valence-electron chi connectivity index (χ2n) is 13.1. The fraction of sp³-hybridized carbons (Fsp3) is 0.417. The lowest BCUT2D eigenvalue weighted by Crippen LogP contribution is -2.56. The molecule has 1 fully saturated rings. The van der Waals surface area contributed by atoms with Crippen LogP contribution >= 0.6 is 0 Å². The SMILES string of the molecule is CC(C)C[C@H](NC(=O)[C@H](Cc1c[nH]c2ccccc12)NC(=O)CN1CCOCC1)C(=O)N[C@H](C=CS(C)(=O)=O)Cc1c[nH]c2ccccc12. The van der Waals surface area contributed by atoms with Crippen LogP contribution in [-0.4, -0.2) is 98.2 Å². The summed E-state index contributed by atoms with van der Waals surface area (Å²) >= 11 is 0. The smallest absolute Gasteiger partial charge is 0.243 e. The first-order chi connectivity index (χ1) is 23.4. The lowest BCUT2D eigenvalue weighted by atomic mass is 9.99. The van der Waals surface area contributed by atoms with Crippen LogP contribution in [-0.2, 0) is 41.8 Å². The summed E-state index contributed by atoms with van der Waals surface area (Å²) in [5, 5.41) is 11.8. The Morgan fingerprint density at radius 1 is 0.837 bits per heavy atom. The predicted molar refractivity (Wildman–Crippen MR) is 190 cm³/mol. The lowest BCUT2D eigenvalue weighted by Gasteiger charge is -2.28. The number of rotatable bonds is 15. The molecule has 2 aromatic carbocycles. The third-order valence-corrected chi connectivity index (χ3v) is 9.21. The van der Waals surface area contributed by atoms with Gasteiger partial charge in [-0.15, -0.1) is 0 Å². The topological polar surface area (TPSA) is 165 Å². The minimum Gasteiger partial charge on any atom is -0.379 e. The third-order valence-electron chi connectivity index (χ3n) is 8.56. The van der Waals surface area contributed by atoms with Crippen LogP contribution in [0.5, 0.6) is 0 Å². The molecule has 12 nitrogen and oxygen atoms in total. The van der Waals surface area contributed by atoms with Crippen molar-refractivity contribution >= 4 is 49.4 Å². The number of ether oxygens (including phenoxy) is 1. The largest absolute Gasteiger partial charge is 0.379 e. The number of aromatic nitrogens is 2. The molecule has 1 saturated heterocycles. The lowest BCUT2D eigenvalue weighted by molar-refractivity contribution is -0.133. The number of morpholine rings is 1. The number of amides is 3. The molecule has 3 amide bonds. The van der Waals surface area contributed by atoms with Gasteiger partial charge in [-0.25, -0.2) is 8.42 Å². The molecule has 0 bridgehead atoms. The van der Waals surface area contributed by atoms with Crippen molar-refractivity contribution in [2.75, 3.05) is 39.1 Å². The Morgan fingerprint density at radius 2 is 1.41 bits per heavy atom. The zero-order chi connectivity index (χ0) is 35.0. The number of para-hydroxylation sites is 2. The fourth-order valence-electron chi connectivity index (χ4n) is 6.13. The molecule has 5 rings (SSSR count). The molecule has 0 unspecified atom stereocenters. The van der Waals surface area contributed by atoms with Gasteiger partial charge < -0.3 is 30.7 Å². The van der Waals surface area contributed by atoms with Gasteiger partial charge in [0.05, 0.1) is 25.8 Å². The first-order valence-corrected chi connectivity index (χ1v) is 18.6. The molecule has 1 aliphatic heterocycles. The van der Waals surface area contributed by atoms with E-state index in [0.717, 1.165) is 44.6 Å². The van der Waals surface area contributed by atoms with Crippen molar-refractivity contribution in [2.24, 2.45) is 5.92 Å². The van der Waals surface area contributed by atoms with Crippen LogP contribution in [0.15, 0.2) is 72.4 Å². The molecule has 262 valence electrons. The van der Waals surface area contributed by atoms with Gasteiger partial charge in [-0.2, -0.15) is 0 Å². The zero-order valence-electron chi connectivity index (χ0n) is 28.2. The minimum absolute atomic E-state index is 0.0395. The third kappa shape index (κ3) is 10.3. The van der Waals surface area contributed by atoms with Gasteiger partial charge in [0.2, 0.25) is 17.7 Å². The molecule has 5 N–H and O–H groups in total. The van der Waals surface area contributed by atoms with Crippen LogP contribution < -0.4 is 16.0 Å². The summed E-state index contributed by atoms with van der Waals surface area (Å²) in [6, 6.07) is 12.9. The molecule has 13 heteroatoms. The summed E-state index contributed by atoms with van der Waals surface area (Å²) in [4.78, 5) is 49.6. The molecule has 3 atom stereocenters. The molecule has 0 spiro atoms. The highest BCUT2D eigenvalue weighted by Gasteiger charge is 2.30. The molecule has 0 radical (unpaired) electrons. The number of sulfone groups is 1. The summed E-state index contributed by atoms with van der Waals surface area (Å²) in [6.07, 6.45) is 7.10. The molecule has 2 aromatic heterocycles. The molecule has 0 saturated carbocycles. The minimum atomic E-state index is -3.47. The van der Waals surface area contributed by atoms with Gasteiger partial charge >= 0.3 is 0 Å². The van der Waals surface area contributed by atoms with Crippen LogP contribution in [0.4, 0.5) is 0 Å². The maximum absolute atomic E-state index is 14.0. The number of nitrogens with one attached hydrogen (secondary N) is 5. The van der Waals surface area contributed by atoms with Crippen molar-refractivity contribution in [1.29, 1.82) is 0 Å². The number of hydrogen-bond donors (Lipinski definition) is 5. The average Bonchev–Trinajstić information content (AvgIpc) is 3.67. The molecular formula is C36H46N6O6S. The average molecular weight is 691 g/mol. The van der Waals surface area contributed by atoms with Crippen molar-refractivity contribution < 1.29 is 27.5 Å². The predicted octanol–water partition coefficient (Wildman–Crippen LogP) is 2.83. The van der Waals surface area contributed by atoms with Gasteiger partial charge in [0.15, 0.2) is 9.84 Å². The van der Waals surface area contributed by atoms with Gasteiger partial charge in [-0.3, -0.25) is 19.3 Å². The first-order valence-electron chi connectivity index (χ1n) is 16.6. The monoisotopic (exact) mass is 690 g/mol. The number of aromatic amines is 2. The molecule has 4 aromatic rings. The van der Waals surface area contributed by atoms with E-state index in [0.29, 0.717) is 39.1 Å². The maximum Gasteiger partial charge on any atom is 0.243 e. The highest BCUT2D eigenvalue weighted by Crippen LogP contribution is 2.21. The quantitative estimate of drug-likeness (QED) is 0.128.